The Morgan fingerprint density at radius 2 is 0.931 bits per heavy atom. The SMILES string of the molecule is CC(C)(C)c1ccc(N2c3cc(N(c4ccc5ccccc5c4)c4cccc5c4oc4ccccc45)ccc3B3c4cc5c(cc4N(c4ccc(C(C)(C)C)cc4)c4cccc2c43)oc2ccccc25)cc1. The fourth-order valence-electron chi connectivity index (χ4n) is 11.7. The van der Waals surface area contributed by atoms with Gasteiger partial charge >= 0.3 is 0 Å². The summed E-state index contributed by atoms with van der Waals surface area (Å²) in [7, 11) is 0. The van der Waals surface area contributed by atoms with Crippen molar-refractivity contribution in [3.8, 4) is 0 Å². The van der Waals surface area contributed by atoms with Crippen LogP contribution in [0.5, 0.6) is 0 Å². The van der Waals surface area contributed by atoms with Gasteiger partial charge in [0.1, 0.15) is 16.7 Å². The van der Waals surface area contributed by atoms with Crippen LogP contribution < -0.4 is 31.1 Å². The first kappa shape index (κ1) is 42.4. The molecular weight excluding hydrogens is 878 g/mol. The van der Waals surface area contributed by atoms with Crippen molar-refractivity contribution in [2.45, 2.75) is 52.4 Å². The van der Waals surface area contributed by atoms with Gasteiger partial charge in [0.15, 0.2) is 5.58 Å². The van der Waals surface area contributed by atoms with Gasteiger partial charge in [0.25, 0.3) is 6.71 Å². The number of nitrogens with zero attached hydrogens (tertiary/aromatic N) is 3. The van der Waals surface area contributed by atoms with E-state index in [9.17, 15) is 0 Å². The molecule has 0 radical (unpaired) electrons. The monoisotopic (exact) mass is 929 g/mol. The van der Waals surface area contributed by atoms with Crippen LogP contribution >= 0.6 is 0 Å². The maximum Gasteiger partial charge on any atom is 0.252 e. The van der Waals surface area contributed by atoms with Crippen molar-refractivity contribution in [2.75, 3.05) is 14.7 Å². The minimum atomic E-state index is -0.101. The van der Waals surface area contributed by atoms with Crippen LogP contribution in [0, 0.1) is 0 Å². The molecule has 72 heavy (non-hydrogen) atoms. The van der Waals surface area contributed by atoms with Crippen LogP contribution in [0.15, 0.2) is 215 Å². The summed E-state index contributed by atoms with van der Waals surface area (Å²) in [6, 6.07) is 75.9. The molecule has 10 aromatic carbocycles. The highest BCUT2D eigenvalue weighted by Crippen LogP contribution is 2.49. The van der Waals surface area contributed by atoms with Crippen molar-refractivity contribution < 1.29 is 8.83 Å². The van der Waals surface area contributed by atoms with Crippen LogP contribution in [0.25, 0.3) is 54.6 Å². The quantitative estimate of drug-likeness (QED) is 0.161. The van der Waals surface area contributed by atoms with Gasteiger partial charge in [-0.3, -0.25) is 0 Å². The van der Waals surface area contributed by atoms with E-state index in [-0.39, 0.29) is 17.5 Å². The molecule has 0 N–H and O–H groups in total. The van der Waals surface area contributed by atoms with Crippen LogP contribution in [-0.2, 0) is 10.8 Å². The lowest BCUT2D eigenvalue weighted by Gasteiger charge is -2.44. The molecule has 0 aliphatic carbocycles. The number of hydrogen-bond donors (Lipinski definition) is 0. The summed E-state index contributed by atoms with van der Waals surface area (Å²) in [4.78, 5) is 7.38. The molecule has 14 rings (SSSR count). The van der Waals surface area contributed by atoms with Crippen LogP contribution in [0.2, 0.25) is 0 Å². The molecule has 0 fully saturated rings. The molecule has 5 nitrogen and oxygen atoms in total. The predicted molar refractivity (Wildman–Crippen MR) is 305 cm³/mol. The number of anilines is 9. The Bertz CT molecular complexity index is 4150. The normalized spacial score (nSPS) is 13.3. The highest BCUT2D eigenvalue weighted by molar-refractivity contribution is 7.00. The Labute approximate surface area is 420 Å². The van der Waals surface area contributed by atoms with Gasteiger partial charge < -0.3 is 23.5 Å². The third kappa shape index (κ3) is 6.48. The van der Waals surface area contributed by atoms with Crippen LogP contribution in [0.4, 0.5) is 51.2 Å². The number of furan rings is 2. The minimum absolute atomic E-state index is 0.00408. The summed E-state index contributed by atoms with van der Waals surface area (Å²) < 4.78 is 13.5. The first-order valence-electron chi connectivity index (χ1n) is 25.2. The van der Waals surface area contributed by atoms with Gasteiger partial charge in [-0.1, -0.05) is 163 Å². The van der Waals surface area contributed by atoms with Gasteiger partial charge in [-0.2, -0.15) is 0 Å². The average molecular weight is 930 g/mol. The van der Waals surface area contributed by atoms with E-state index in [0.29, 0.717) is 0 Å². The number of benzene rings is 10. The van der Waals surface area contributed by atoms with E-state index in [1.165, 1.54) is 38.3 Å². The average Bonchev–Trinajstić information content (AvgIpc) is 3.97. The molecule has 0 bridgehead atoms. The third-order valence-electron chi connectivity index (χ3n) is 15.3. The van der Waals surface area contributed by atoms with Gasteiger partial charge in [-0.05, 0) is 128 Å². The Morgan fingerprint density at radius 3 is 1.60 bits per heavy atom. The van der Waals surface area contributed by atoms with Crippen molar-refractivity contribution in [3.63, 3.8) is 0 Å². The molecule has 6 heteroatoms. The van der Waals surface area contributed by atoms with Gasteiger partial charge in [0, 0.05) is 73.1 Å². The molecule has 0 unspecified atom stereocenters. The van der Waals surface area contributed by atoms with Crippen LogP contribution in [-0.4, -0.2) is 6.71 Å². The van der Waals surface area contributed by atoms with E-state index in [4.69, 9.17) is 8.83 Å². The molecule has 346 valence electrons. The first-order chi connectivity index (χ1) is 35.0. The number of rotatable bonds is 5. The highest BCUT2D eigenvalue weighted by atomic mass is 16.3. The molecule has 0 atom stereocenters. The van der Waals surface area contributed by atoms with Gasteiger partial charge in [0.2, 0.25) is 0 Å². The van der Waals surface area contributed by atoms with E-state index in [0.717, 1.165) is 95.1 Å². The second kappa shape index (κ2) is 15.5. The Kier molecular flexibility index (Phi) is 9.14. The topological polar surface area (TPSA) is 36.0 Å². The van der Waals surface area contributed by atoms with E-state index in [1.54, 1.807) is 0 Å². The lowest BCUT2D eigenvalue weighted by atomic mass is 9.33. The second-order valence-corrected chi connectivity index (χ2v) is 21.8. The zero-order valence-corrected chi connectivity index (χ0v) is 41.4. The minimum Gasteiger partial charge on any atom is -0.456 e. The summed E-state index contributed by atoms with van der Waals surface area (Å²) in [5.41, 5.74) is 19.7. The smallest absolute Gasteiger partial charge is 0.252 e. The molecule has 12 aromatic rings. The maximum absolute atomic E-state index is 6.84. The predicted octanol–water partition coefficient (Wildman–Crippen LogP) is 16.8. The molecular formula is C66H52BN3O2. The maximum atomic E-state index is 6.84. The summed E-state index contributed by atoms with van der Waals surface area (Å²) in [6.45, 7) is 13.6. The van der Waals surface area contributed by atoms with Crippen molar-refractivity contribution in [3.05, 3.63) is 217 Å². The lowest BCUT2D eigenvalue weighted by molar-refractivity contribution is 0.590. The van der Waals surface area contributed by atoms with E-state index in [1.807, 2.05) is 6.07 Å². The number of hydrogen-bond acceptors (Lipinski definition) is 5. The highest BCUT2D eigenvalue weighted by Gasteiger charge is 2.44. The Hall–Kier alpha value is -8.48. The number of para-hydroxylation sites is 3. The van der Waals surface area contributed by atoms with Crippen LogP contribution in [0.3, 0.4) is 0 Å². The summed E-state index contributed by atoms with van der Waals surface area (Å²) in [5.74, 6) is 0. The largest absolute Gasteiger partial charge is 0.456 e. The van der Waals surface area contributed by atoms with Crippen molar-refractivity contribution in [1.29, 1.82) is 0 Å². The molecule has 0 spiro atoms. The fraction of sp³-hybridized carbons (Fsp3) is 0.121. The van der Waals surface area contributed by atoms with Crippen LogP contribution in [0.1, 0.15) is 52.7 Å². The van der Waals surface area contributed by atoms with Gasteiger partial charge in [-0.15, -0.1) is 0 Å². The number of fused-ring (bicyclic) bond motifs is 11. The molecule has 4 heterocycles. The molecule has 0 saturated heterocycles. The zero-order chi connectivity index (χ0) is 48.6. The van der Waals surface area contributed by atoms with E-state index in [2.05, 4.69) is 256 Å². The standard InChI is InChI=1S/C66H52BN3O2/c1-65(2,3)43-26-31-45(32-27-43)69-55-20-14-21-56-63(55)67(54-39-52-50-18-10-11-23-60(50)71-62(52)40-59(54)70(56)46-33-28-44(29-34-46)66(4,5)6)53-36-35-48(38-58(53)69)68(47-30-25-41-15-7-8-16-42(41)37-47)57-22-13-19-51-49-17-9-12-24-61(49)72-64(51)57/h7-40H,1-6H3. The molecule has 2 aromatic heterocycles. The Morgan fingerprint density at radius 1 is 0.389 bits per heavy atom. The third-order valence-corrected chi connectivity index (χ3v) is 15.3. The van der Waals surface area contributed by atoms with E-state index < -0.39 is 0 Å². The molecule has 0 amide bonds. The first-order valence-corrected chi connectivity index (χ1v) is 25.2. The fourth-order valence-corrected chi connectivity index (χ4v) is 11.7. The van der Waals surface area contributed by atoms with Gasteiger partial charge in [-0.25, -0.2) is 0 Å². The van der Waals surface area contributed by atoms with Gasteiger partial charge in [0.05, 0.1) is 5.69 Å². The van der Waals surface area contributed by atoms with Crippen molar-refractivity contribution >= 4 is 129 Å². The van der Waals surface area contributed by atoms with Crippen molar-refractivity contribution in [2.24, 2.45) is 0 Å². The van der Waals surface area contributed by atoms with Crippen molar-refractivity contribution in [1.82, 2.24) is 0 Å². The Balaban J connectivity index is 1.05. The lowest BCUT2D eigenvalue weighted by Crippen LogP contribution is -2.61. The molecule has 2 aliphatic rings. The summed E-state index contributed by atoms with van der Waals surface area (Å²) >= 11 is 0. The molecule has 0 saturated carbocycles. The second-order valence-electron chi connectivity index (χ2n) is 21.8. The summed E-state index contributed by atoms with van der Waals surface area (Å²) in [5, 5.41) is 6.79. The zero-order valence-electron chi connectivity index (χ0n) is 41.4. The van der Waals surface area contributed by atoms with E-state index >= 15 is 0 Å². The summed E-state index contributed by atoms with van der Waals surface area (Å²) in [6.07, 6.45) is 0. The molecule has 2 aliphatic heterocycles.